The number of hydrogen-bond acceptors (Lipinski definition) is 5. The Morgan fingerprint density at radius 3 is 2.89 bits per heavy atom. The Balaban J connectivity index is 1.42. The van der Waals surface area contributed by atoms with Crippen molar-refractivity contribution in [1.82, 2.24) is 29.6 Å². The van der Waals surface area contributed by atoms with E-state index in [9.17, 15) is 4.79 Å². The summed E-state index contributed by atoms with van der Waals surface area (Å²) in [7, 11) is 0. The number of pyridine rings is 2. The zero-order valence-corrected chi connectivity index (χ0v) is 15.9. The van der Waals surface area contributed by atoms with Crippen LogP contribution in [0.2, 0.25) is 0 Å². The lowest BCUT2D eigenvalue weighted by Crippen LogP contribution is -2.40. The molecule has 1 atom stereocenters. The van der Waals surface area contributed by atoms with Gasteiger partial charge in [0.05, 0.1) is 18.2 Å². The van der Waals surface area contributed by atoms with E-state index in [1.165, 1.54) is 18.4 Å². The molecule has 1 amide bonds. The maximum absolute atomic E-state index is 13.1. The first-order chi connectivity index (χ1) is 13.7. The Labute approximate surface area is 163 Å². The summed E-state index contributed by atoms with van der Waals surface area (Å²) in [5.41, 5.74) is 3.84. The molecule has 3 aromatic rings. The second-order valence-corrected chi connectivity index (χ2v) is 7.60. The maximum atomic E-state index is 13.1. The Kier molecular flexibility index (Phi) is 4.15. The Morgan fingerprint density at radius 1 is 1.14 bits per heavy atom. The van der Waals surface area contributed by atoms with Crippen LogP contribution >= 0.6 is 0 Å². The molecular formula is C21H22N6O. The maximum Gasteiger partial charge on any atom is 0.255 e. The molecule has 7 nitrogen and oxygen atoms in total. The van der Waals surface area contributed by atoms with Crippen molar-refractivity contribution in [3.63, 3.8) is 0 Å². The van der Waals surface area contributed by atoms with Crippen molar-refractivity contribution in [2.24, 2.45) is 0 Å². The van der Waals surface area contributed by atoms with Gasteiger partial charge in [-0.3, -0.25) is 14.8 Å². The molecule has 0 radical (unpaired) electrons. The van der Waals surface area contributed by atoms with E-state index in [0.717, 1.165) is 35.9 Å². The molecule has 0 bridgehead atoms. The van der Waals surface area contributed by atoms with Crippen molar-refractivity contribution in [2.75, 3.05) is 6.54 Å². The van der Waals surface area contributed by atoms with Crippen molar-refractivity contribution >= 4 is 5.91 Å². The predicted octanol–water partition coefficient (Wildman–Crippen LogP) is 2.83. The van der Waals surface area contributed by atoms with E-state index in [4.69, 9.17) is 0 Å². The minimum Gasteiger partial charge on any atom is -0.329 e. The lowest BCUT2D eigenvalue weighted by Gasteiger charge is -2.32. The van der Waals surface area contributed by atoms with E-state index in [2.05, 4.69) is 31.7 Å². The number of fused-ring (bicyclic) bond motifs is 2. The van der Waals surface area contributed by atoms with Crippen molar-refractivity contribution in [3.8, 4) is 11.5 Å². The van der Waals surface area contributed by atoms with E-state index in [-0.39, 0.29) is 11.9 Å². The van der Waals surface area contributed by atoms with Gasteiger partial charge in [-0.2, -0.15) is 0 Å². The van der Waals surface area contributed by atoms with Crippen molar-refractivity contribution in [2.45, 2.75) is 45.2 Å². The minimum absolute atomic E-state index is 0.0151. The molecule has 0 unspecified atom stereocenters. The first kappa shape index (κ1) is 17.0. The molecule has 1 aliphatic carbocycles. The molecule has 1 aliphatic heterocycles. The predicted molar refractivity (Wildman–Crippen MR) is 104 cm³/mol. The molecule has 0 fully saturated rings. The SMILES string of the molecule is C[C@H]1CN(C(=O)c2cnc3c(c2)CCCC3)Cc2nnc(-c3ccccn3)n21. The van der Waals surface area contributed by atoms with E-state index >= 15 is 0 Å². The van der Waals surface area contributed by atoms with Crippen LogP contribution in [0, 0.1) is 0 Å². The summed E-state index contributed by atoms with van der Waals surface area (Å²) in [6, 6.07) is 7.86. The van der Waals surface area contributed by atoms with Gasteiger partial charge in [-0.25, -0.2) is 0 Å². The molecule has 0 saturated heterocycles. The highest BCUT2D eigenvalue weighted by molar-refractivity contribution is 5.94. The molecule has 28 heavy (non-hydrogen) atoms. The number of carbonyl (C=O) groups excluding carboxylic acids is 1. The van der Waals surface area contributed by atoms with E-state index in [1.807, 2.05) is 29.2 Å². The molecule has 7 heteroatoms. The standard InChI is InChI=1S/C21H22N6O/c1-14-12-26(21(28)16-10-15-6-2-3-7-17(15)23-11-16)13-19-24-25-20(27(14)19)18-8-4-5-9-22-18/h4-5,8-11,14H,2-3,6-7,12-13H2,1H3/t14-/m0/s1. The molecule has 0 aromatic carbocycles. The van der Waals surface area contributed by atoms with Gasteiger partial charge in [-0.1, -0.05) is 6.07 Å². The lowest BCUT2D eigenvalue weighted by atomic mass is 9.95. The highest BCUT2D eigenvalue weighted by atomic mass is 16.2. The summed E-state index contributed by atoms with van der Waals surface area (Å²) in [5, 5.41) is 8.69. The Morgan fingerprint density at radius 2 is 2.04 bits per heavy atom. The molecule has 0 N–H and O–H groups in total. The number of nitrogens with zero attached hydrogens (tertiary/aromatic N) is 6. The Hall–Kier alpha value is -3.09. The van der Waals surface area contributed by atoms with Gasteiger partial charge in [0.25, 0.3) is 5.91 Å². The average Bonchev–Trinajstić information content (AvgIpc) is 3.18. The summed E-state index contributed by atoms with van der Waals surface area (Å²) in [5.74, 6) is 1.56. The van der Waals surface area contributed by atoms with Crippen molar-refractivity contribution in [3.05, 3.63) is 59.3 Å². The van der Waals surface area contributed by atoms with E-state index < -0.39 is 0 Å². The lowest BCUT2D eigenvalue weighted by molar-refractivity contribution is 0.0681. The normalized spacial score (nSPS) is 18.5. The van der Waals surface area contributed by atoms with Crippen LogP contribution in [0.15, 0.2) is 36.7 Å². The molecule has 5 rings (SSSR count). The fourth-order valence-electron chi connectivity index (χ4n) is 4.24. The van der Waals surface area contributed by atoms with E-state index in [0.29, 0.717) is 18.7 Å². The van der Waals surface area contributed by atoms with Crippen molar-refractivity contribution in [1.29, 1.82) is 0 Å². The molecule has 0 saturated carbocycles. The van der Waals surface area contributed by atoms with Crippen LogP contribution in [0.25, 0.3) is 11.5 Å². The van der Waals surface area contributed by atoms with Gasteiger partial charge in [0, 0.05) is 24.6 Å². The average molecular weight is 374 g/mol. The zero-order valence-electron chi connectivity index (χ0n) is 15.9. The molecule has 142 valence electrons. The third-order valence-electron chi connectivity index (χ3n) is 5.62. The summed E-state index contributed by atoms with van der Waals surface area (Å²) in [6.07, 6.45) is 7.88. The van der Waals surface area contributed by atoms with Crippen LogP contribution in [-0.4, -0.2) is 42.1 Å². The monoisotopic (exact) mass is 374 g/mol. The van der Waals surface area contributed by atoms with Gasteiger partial charge >= 0.3 is 0 Å². The topological polar surface area (TPSA) is 76.8 Å². The quantitative estimate of drug-likeness (QED) is 0.689. The molecule has 3 aromatic heterocycles. The first-order valence-corrected chi connectivity index (χ1v) is 9.83. The van der Waals surface area contributed by atoms with Crippen molar-refractivity contribution < 1.29 is 4.79 Å². The van der Waals surface area contributed by atoms with Crippen LogP contribution in [0.3, 0.4) is 0 Å². The number of aryl methyl sites for hydroxylation is 2. The second-order valence-electron chi connectivity index (χ2n) is 7.60. The highest BCUT2D eigenvalue weighted by Gasteiger charge is 2.30. The smallest absolute Gasteiger partial charge is 0.255 e. The third-order valence-corrected chi connectivity index (χ3v) is 5.62. The fourth-order valence-corrected chi connectivity index (χ4v) is 4.24. The largest absolute Gasteiger partial charge is 0.329 e. The molecule has 4 heterocycles. The van der Waals surface area contributed by atoms with Crippen LogP contribution in [0.4, 0.5) is 0 Å². The molecule has 0 spiro atoms. The minimum atomic E-state index is 0.0151. The second kappa shape index (κ2) is 6.82. The highest BCUT2D eigenvalue weighted by Crippen LogP contribution is 2.28. The number of rotatable bonds is 2. The third kappa shape index (κ3) is 2.87. The van der Waals surface area contributed by atoms with E-state index in [1.54, 1.807) is 12.4 Å². The summed E-state index contributed by atoms with van der Waals surface area (Å²) in [4.78, 5) is 23.9. The zero-order chi connectivity index (χ0) is 19.1. The van der Waals surface area contributed by atoms with Crippen LogP contribution in [-0.2, 0) is 19.4 Å². The summed E-state index contributed by atoms with van der Waals surface area (Å²) in [6.45, 7) is 3.14. The molecule has 2 aliphatic rings. The van der Waals surface area contributed by atoms with Gasteiger partial charge in [-0.15, -0.1) is 10.2 Å². The number of hydrogen-bond donors (Lipinski definition) is 0. The number of aromatic nitrogens is 5. The summed E-state index contributed by atoms with van der Waals surface area (Å²) >= 11 is 0. The van der Waals surface area contributed by atoms with Crippen LogP contribution < -0.4 is 0 Å². The van der Waals surface area contributed by atoms with Crippen LogP contribution in [0.1, 0.15) is 53.2 Å². The van der Waals surface area contributed by atoms with Gasteiger partial charge in [0.2, 0.25) is 0 Å². The van der Waals surface area contributed by atoms with Crippen LogP contribution in [0.5, 0.6) is 0 Å². The van der Waals surface area contributed by atoms with Gasteiger partial charge in [0.15, 0.2) is 11.6 Å². The Bertz CT molecular complexity index is 1030. The summed E-state index contributed by atoms with van der Waals surface area (Å²) < 4.78 is 2.09. The van der Waals surface area contributed by atoms with Gasteiger partial charge in [-0.05, 0) is 56.4 Å². The molecular weight excluding hydrogens is 352 g/mol. The number of amides is 1. The fraction of sp³-hybridized carbons (Fsp3) is 0.381. The van der Waals surface area contributed by atoms with Gasteiger partial charge < -0.3 is 9.47 Å². The first-order valence-electron chi connectivity index (χ1n) is 9.83. The number of carbonyl (C=O) groups is 1. The van der Waals surface area contributed by atoms with Gasteiger partial charge in [0.1, 0.15) is 5.69 Å².